The fraction of sp³-hybridized carbons (Fsp3) is 0.156. The van der Waals surface area contributed by atoms with Gasteiger partial charge in [0.15, 0.2) is 5.41 Å². The number of fused-ring (bicyclic) bond motifs is 4. The molecule has 1 aliphatic rings. The Balaban J connectivity index is 1.82. The molecule has 1 heterocycles. The lowest BCUT2D eigenvalue weighted by atomic mass is 9.84. The summed E-state index contributed by atoms with van der Waals surface area (Å²) in [6, 6.07) is 19.9. The summed E-state index contributed by atoms with van der Waals surface area (Å²) in [6.45, 7) is 0. The molecular formula is C32H23F2NO4. The van der Waals surface area contributed by atoms with Gasteiger partial charge in [-0.1, -0.05) is 42.5 Å². The first-order valence-electron chi connectivity index (χ1n) is 12.4. The van der Waals surface area contributed by atoms with Crippen LogP contribution < -0.4 is 0 Å². The van der Waals surface area contributed by atoms with E-state index in [1.54, 1.807) is 30.5 Å². The molecular weight excluding hydrogens is 500 g/mol. The molecule has 0 amide bonds. The van der Waals surface area contributed by atoms with E-state index in [9.17, 15) is 18.4 Å². The van der Waals surface area contributed by atoms with Gasteiger partial charge < -0.3 is 9.47 Å². The van der Waals surface area contributed by atoms with E-state index >= 15 is 0 Å². The quantitative estimate of drug-likeness (QED) is 0.154. The number of methoxy groups -OCH3 is 2. The summed E-state index contributed by atoms with van der Waals surface area (Å²) in [5.41, 5.74) is 3.59. The predicted octanol–water partition coefficient (Wildman–Crippen LogP) is 6.43. The first-order chi connectivity index (χ1) is 18.9. The largest absolute Gasteiger partial charge is 0.468 e. The minimum absolute atomic E-state index is 0.0192. The van der Waals surface area contributed by atoms with Gasteiger partial charge in [0.25, 0.3) is 0 Å². The normalized spacial score (nSPS) is 13.8. The smallest absolute Gasteiger partial charge is 0.323 e. The summed E-state index contributed by atoms with van der Waals surface area (Å²) in [5, 5.41) is 2.47. The second-order valence-electron chi connectivity index (χ2n) is 9.70. The Hall–Kier alpha value is -4.65. The van der Waals surface area contributed by atoms with Crippen molar-refractivity contribution in [1.82, 2.24) is 4.98 Å². The van der Waals surface area contributed by atoms with Gasteiger partial charge in [0.1, 0.15) is 11.6 Å². The number of nitrogens with zero attached hydrogens (tertiary/aromatic N) is 1. The predicted molar refractivity (Wildman–Crippen MR) is 144 cm³/mol. The second kappa shape index (κ2) is 9.27. The molecule has 194 valence electrons. The molecule has 0 aliphatic heterocycles. The fourth-order valence-electron chi connectivity index (χ4n) is 5.92. The summed E-state index contributed by atoms with van der Waals surface area (Å²) in [5.74, 6) is -2.17. The standard InChI is InChI=1S/C32H23F2NO4/c1-38-30(36)32(31(37)39-2)15-23-24(16-32)28(19-9-13-21(34)14-10-19)29-22-5-3-4-6-26(22)35-17-25(29)27(23)18-7-11-20(33)12-8-18/h3-14,17H,15-16H2,1-2H3. The van der Waals surface area contributed by atoms with Crippen LogP contribution in [0.4, 0.5) is 8.78 Å². The third-order valence-electron chi connectivity index (χ3n) is 7.64. The van der Waals surface area contributed by atoms with Crippen LogP contribution in [0.3, 0.4) is 0 Å². The van der Waals surface area contributed by atoms with E-state index in [0.717, 1.165) is 49.5 Å². The molecule has 7 heteroatoms. The van der Waals surface area contributed by atoms with E-state index in [1.165, 1.54) is 38.5 Å². The van der Waals surface area contributed by atoms with Crippen molar-refractivity contribution in [2.24, 2.45) is 5.41 Å². The van der Waals surface area contributed by atoms with Gasteiger partial charge in [-0.2, -0.15) is 0 Å². The number of esters is 2. The van der Waals surface area contributed by atoms with Crippen molar-refractivity contribution in [2.45, 2.75) is 12.8 Å². The second-order valence-corrected chi connectivity index (χ2v) is 9.70. The summed E-state index contributed by atoms with van der Waals surface area (Å²) in [4.78, 5) is 31.2. The van der Waals surface area contributed by atoms with Gasteiger partial charge in [0.2, 0.25) is 0 Å². The van der Waals surface area contributed by atoms with Crippen molar-refractivity contribution in [3.05, 3.63) is 102 Å². The summed E-state index contributed by atoms with van der Waals surface area (Å²) in [7, 11) is 2.48. The number of hydrogen-bond donors (Lipinski definition) is 0. The lowest BCUT2D eigenvalue weighted by molar-refractivity contribution is -0.168. The maximum Gasteiger partial charge on any atom is 0.323 e. The minimum atomic E-state index is -1.62. The molecule has 4 aromatic carbocycles. The SMILES string of the molecule is COC(=O)C1(C(=O)OC)Cc2c(c(-c3ccc(F)cc3)c3c(cnc4ccccc43)c2-c2ccc(F)cc2)C1. The Labute approximate surface area is 223 Å². The highest BCUT2D eigenvalue weighted by Crippen LogP contribution is 2.52. The number of carbonyl (C=O) groups is 2. The first-order valence-corrected chi connectivity index (χ1v) is 12.4. The van der Waals surface area contributed by atoms with E-state index in [-0.39, 0.29) is 24.5 Å². The van der Waals surface area contributed by atoms with Gasteiger partial charge in [-0.05, 0) is 63.7 Å². The van der Waals surface area contributed by atoms with Crippen LogP contribution in [0, 0.1) is 17.0 Å². The summed E-state index contributed by atoms with van der Waals surface area (Å²) < 4.78 is 38.3. The fourth-order valence-corrected chi connectivity index (χ4v) is 5.92. The van der Waals surface area contributed by atoms with Crippen molar-refractivity contribution in [3.8, 4) is 22.3 Å². The Morgan fingerprint density at radius 3 is 1.79 bits per heavy atom. The number of carbonyl (C=O) groups excluding carboxylic acids is 2. The zero-order valence-electron chi connectivity index (χ0n) is 21.3. The number of hydrogen-bond acceptors (Lipinski definition) is 5. The molecule has 5 nitrogen and oxygen atoms in total. The molecule has 0 radical (unpaired) electrons. The van der Waals surface area contributed by atoms with E-state index in [2.05, 4.69) is 0 Å². The Morgan fingerprint density at radius 1 is 0.718 bits per heavy atom. The Morgan fingerprint density at radius 2 is 1.23 bits per heavy atom. The maximum absolute atomic E-state index is 14.0. The van der Waals surface area contributed by atoms with E-state index in [4.69, 9.17) is 14.5 Å². The Kier molecular flexibility index (Phi) is 5.87. The van der Waals surface area contributed by atoms with Crippen LogP contribution >= 0.6 is 0 Å². The molecule has 0 atom stereocenters. The highest BCUT2D eigenvalue weighted by molar-refractivity contribution is 6.19. The highest BCUT2D eigenvalue weighted by atomic mass is 19.1. The van der Waals surface area contributed by atoms with Crippen LogP contribution in [0.5, 0.6) is 0 Å². The van der Waals surface area contributed by atoms with E-state index < -0.39 is 17.4 Å². The van der Waals surface area contributed by atoms with Crippen LogP contribution in [0.1, 0.15) is 11.1 Å². The van der Waals surface area contributed by atoms with Crippen LogP contribution in [-0.2, 0) is 31.9 Å². The average Bonchev–Trinajstić information content (AvgIpc) is 3.37. The van der Waals surface area contributed by atoms with Crippen LogP contribution in [0.25, 0.3) is 43.9 Å². The van der Waals surface area contributed by atoms with Crippen molar-refractivity contribution in [2.75, 3.05) is 14.2 Å². The molecule has 0 saturated carbocycles. The molecule has 1 aliphatic carbocycles. The number of benzene rings is 4. The molecule has 6 rings (SSSR count). The topological polar surface area (TPSA) is 65.5 Å². The van der Waals surface area contributed by atoms with Crippen LogP contribution in [0.15, 0.2) is 79.0 Å². The van der Waals surface area contributed by atoms with Crippen molar-refractivity contribution >= 4 is 33.6 Å². The third-order valence-corrected chi connectivity index (χ3v) is 7.64. The maximum atomic E-state index is 14.0. The minimum Gasteiger partial charge on any atom is -0.468 e. The number of ether oxygens (including phenoxy) is 2. The monoisotopic (exact) mass is 523 g/mol. The lowest BCUT2D eigenvalue weighted by Gasteiger charge is -2.22. The molecule has 0 fully saturated rings. The number of rotatable bonds is 4. The highest BCUT2D eigenvalue weighted by Gasteiger charge is 2.54. The van der Waals surface area contributed by atoms with Crippen molar-refractivity contribution < 1.29 is 27.8 Å². The zero-order valence-corrected chi connectivity index (χ0v) is 21.3. The van der Waals surface area contributed by atoms with Crippen molar-refractivity contribution in [1.29, 1.82) is 0 Å². The molecule has 0 unspecified atom stereocenters. The van der Waals surface area contributed by atoms with Gasteiger partial charge >= 0.3 is 11.9 Å². The van der Waals surface area contributed by atoms with Crippen LogP contribution in [-0.4, -0.2) is 31.1 Å². The first kappa shape index (κ1) is 24.7. The van der Waals surface area contributed by atoms with Crippen LogP contribution in [0.2, 0.25) is 0 Å². The number of aromatic nitrogens is 1. The number of halogens is 2. The molecule has 5 aromatic rings. The Bertz CT molecular complexity index is 1760. The van der Waals surface area contributed by atoms with Gasteiger partial charge in [-0.15, -0.1) is 0 Å². The van der Waals surface area contributed by atoms with Crippen molar-refractivity contribution in [3.63, 3.8) is 0 Å². The van der Waals surface area contributed by atoms with Gasteiger partial charge in [0.05, 0.1) is 19.7 Å². The zero-order chi connectivity index (χ0) is 27.3. The molecule has 0 saturated heterocycles. The summed E-state index contributed by atoms with van der Waals surface area (Å²) >= 11 is 0. The van der Waals surface area contributed by atoms with Gasteiger partial charge in [-0.25, -0.2) is 8.78 Å². The molecule has 39 heavy (non-hydrogen) atoms. The van der Waals surface area contributed by atoms with Gasteiger partial charge in [-0.3, -0.25) is 14.6 Å². The number of para-hydroxylation sites is 1. The third kappa shape index (κ3) is 3.76. The summed E-state index contributed by atoms with van der Waals surface area (Å²) in [6.07, 6.45) is 1.81. The molecule has 0 bridgehead atoms. The van der Waals surface area contributed by atoms with Gasteiger partial charge in [0, 0.05) is 35.2 Å². The van der Waals surface area contributed by atoms with E-state index in [0.29, 0.717) is 5.56 Å². The lowest BCUT2D eigenvalue weighted by Crippen LogP contribution is -2.42. The molecule has 1 aromatic heterocycles. The average molecular weight is 524 g/mol. The van der Waals surface area contributed by atoms with E-state index in [1.807, 2.05) is 24.3 Å². The molecule has 0 N–H and O–H groups in total. The number of pyridine rings is 1. The molecule has 0 spiro atoms.